The molecule has 0 fully saturated rings. The Morgan fingerprint density at radius 1 is 0.541 bits per heavy atom. The number of benzene rings is 3. The summed E-state index contributed by atoms with van der Waals surface area (Å²) in [6, 6.07) is 29.2. The van der Waals surface area contributed by atoms with Gasteiger partial charge in [-0.1, -0.05) is 0 Å². The number of ether oxygens (including phenoxy) is 3. The van der Waals surface area contributed by atoms with Crippen molar-refractivity contribution in [3.63, 3.8) is 0 Å². The highest BCUT2D eigenvalue weighted by molar-refractivity contribution is 7.97. The van der Waals surface area contributed by atoms with Crippen LogP contribution in [0.3, 0.4) is 0 Å². The normalized spacial score (nSPS) is 11.9. The van der Waals surface area contributed by atoms with Gasteiger partial charge in [-0.3, -0.25) is 4.98 Å². The van der Waals surface area contributed by atoms with Crippen LogP contribution in [0.15, 0.2) is 112 Å². The largest absolute Gasteiger partial charge is 0.489 e. The van der Waals surface area contributed by atoms with Gasteiger partial charge in [0, 0.05) is 12.4 Å². The Kier molecular flexibility index (Phi) is 8.13. The van der Waals surface area contributed by atoms with Crippen LogP contribution in [-0.4, -0.2) is 16.2 Å². The molecule has 0 bridgehead atoms. The minimum absolute atomic E-state index is 0.238. The van der Waals surface area contributed by atoms with E-state index in [4.69, 9.17) is 14.2 Å². The molecule has 0 atom stereocenters. The molecule has 4 nitrogen and oxygen atoms in total. The van der Waals surface area contributed by atoms with E-state index in [0.29, 0.717) is 6.61 Å². The van der Waals surface area contributed by atoms with Crippen molar-refractivity contribution in [1.82, 2.24) is 4.98 Å². The van der Waals surface area contributed by atoms with Crippen LogP contribution in [0.1, 0.15) is 47.1 Å². The van der Waals surface area contributed by atoms with Gasteiger partial charge in [-0.25, -0.2) is 0 Å². The van der Waals surface area contributed by atoms with Crippen molar-refractivity contribution in [3.8, 4) is 17.2 Å². The third kappa shape index (κ3) is 8.02. The van der Waals surface area contributed by atoms with Crippen molar-refractivity contribution in [3.05, 3.63) is 103 Å². The van der Waals surface area contributed by atoms with Crippen LogP contribution in [0.2, 0.25) is 0 Å². The SMILES string of the molecule is CC(C)(C)Oc1ccc([S+](c2ccc(OCc3ccncc3)cc2)c2ccc(OC(C)(C)C)cc2)cc1. The van der Waals surface area contributed by atoms with E-state index in [1.54, 1.807) is 12.4 Å². The number of pyridine rings is 1. The van der Waals surface area contributed by atoms with E-state index in [0.717, 1.165) is 22.8 Å². The minimum atomic E-state index is -0.301. The number of hydrogen-bond acceptors (Lipinski definition) is 4. The van der Waals surface area contributed by atoms with Gasteiger partial charge in [-0.15, -0.1) is 0 Å². The van der Waals surface area contributed by atoms with Crippen molar-refractivity contribution in [1.29, 1.82) is 0 Å². The fourth-order valence-electron chi connectivity index (χ4n) is 3.72. The van der Waals surface area contributed by atoms with Crippen LogP contribution in [-0.2, 0) is 17.5 Å². The molecule has 0 N–H and O–H groups in total. The second-order valence-electron chi connectivity index (χ2n) is 10.8. The average molecular weight is 515 g/mol. The molecule has 4 rings (SSSR count). The van der Waals surface area contributed by atoms with E-state index >= 15 is 0 Å². The molecule has 37 heavy (non-hydrogen) atoms. The van der Waals surface area contributed by atoms with E-state index < -0.39 is 0 Å². The standard InChI is InChI=1S/C32H36NO3S/c1-31(2,3)35-26-9-15-29(16-10-26)37(30-17-11-27(12-18-30)36-32(4,5)6)28-13-7-25(8-14-28)34-23-24-19-21-33-22-20-24/h7-22H,23H2,1-6H3/q+1. The predicted molar refractivity (Wildman–Crippen MR) is 151 cm³/mol. The van der Waals surface area contributed by atoms with Crippen LogP contribution in [0.5, 0.6) is 17.2 Å². The van der Waals surface area contributed by atoms with Gasteiger partial charge in [-0.2, -0.15) is 0 Å². The van der Waals surface area contributed by atoms with Gasteiger partial charge in [0.05, 0.1) is 10.9 Å². The first-order valence-corrected chi connectivity index (χ1v) is 13.7. The fourth-order valence-corrected chi connectivity index (χ4v) is 5.76. The molecule has 0 saturated carbocycles. The van der Waals surface area contributed by atoms with Crippen LogP contribution in [0.25, 0.3) is 0 Å². The zero-order valence-electron chi connectivity index (χ0n) is 22.5. The van der Waals surface area contributed by atoms with E-state index in [2.05, 4.69) is 107 Å². The molecule has 192 valence electrons. The topological polar surface area (TPSA) is 40.6 Å². The van der Waals surface area contributed by atoms with Crippen LogP contribution in [0.4, 0.5) is 0 Å². The molecule has 3 aromatic carbocycles. The van der Waals surface area contributed by atoms with Crippen molar-refractivity contribution < 1.29 is 14.2 Å². The van der Waals surface area contributed by atoms with E-state index in [1.807, 2.05) is 24.3 Å². The summed E-state index contributed by atoms with van der Waals surface area (Å²) in [5, 5.41) is 0. The molecule has 0 radical (unpaired) electrons. The zero-order valence-corrected chi connectivity index (χ0v) is 23.3. The second-order valence-corrected chi connectivity index (χ2v) is 12.8. The molecule has 1 aromatic heterocycles. The Labute approximate surface area is 224 Å². The molecule has 0 aliphatic carbocycles. The Balaban J connectivity index is 1.61. The van der Waals surface area contributed by atoms with E-state index in [-0.39, 0.29) is 22.1 Å². The number of aromatic nitrogens is 1. The minimum Gasteiger partial charge on any atom is -0.489 e. The summed E-state index contributed by atoms with van der Waals surface area (Å²) >= 11 is 0. The second kappa shape index (κ2) is 11.3. The van der Waals surface area contributed by atoms with Crippen molar-refractivity contribution in [2.75, 3.05) is 0 Å². The summed E-state index contributed by atoms with van der Waals surface area (Å²) < 4.78 is 18.1. The van der Waals surface area contributed by atoms with Gasteiger partial charge in [-0.05, 0) is 132 Å². The fraction of sp³-hybridized carbons (Fsp3) is 0.281. The Hall–Kier alpha value is -3.44. The van der Waals surface area contributed by atoms with Gasteiger partial charge in [0.25, 0.3) is 0 Å². The molecule has 0 saturated heterocycles. The third-order valence-corrected chi connectivity index (χ3v) is 7.41. The Bertz CT molecular complexity index is 1200. The summed E-state index contributed by atoms with van der Waals surface area (Å²) in [5.41, 5.74) is 0.616. The predicted octanol–water partition coefficient (Wildman–Crippen LogP) is 8.11. The van der Waals surface area contributed by atoms with Gasteiger partial charge >= 0.3 is 0 Å². The molecular formula is C32H36NO3S+. The van der Waals surface area contributed by atoms with Gasteiger partial charge < -0.3 is 14.2 Å². The highest BCUT2D eigenvalue weighted by atomic mass is 32.2. The molecule has 0 unspecified atom stereocenters. The van der Waals surface area contributed by atoms with Gasteiger partial charge in [0.1, 0.15) is 35.1 Å². The lowest BCUT2D eigenvalue weighted by molar-refractivity contribution is 0.130. The lowest BCUT2D eigenvalue weighted by atomic mass is 10.2. The molecule has 5 heteroatoms. The summed E-state index contributed by atoms with van der Waals surface area (Å²) in [5.74, 6) is 2.58. The highest BCUT2D eigenvalue weighted by Crippen LogP contribution is 2.34. The number of rotatable bonds is 8. The quantitative estimate of drug-likeness (QED) is 0.223. The lowest BCUT2D eigenvalue weighted by Gasteiger charge is -2.21. The van der Waals surface area contributed by atoms with Crippen LogP contribution < -0.4 is 14.2 Å². The maximum absolute atomic E-state index is 6.06. The molecule has 0 amide bonds. The lowest BCUT2D eigenvalue weighted by Crippen LogP contribution is -2.23. The monoisotopic (exact) mass is 514 g/mol. The molecule has 0 spiro atoms. The Morgan fingerprint density at radius 2 is 0.919 bits per heavy atom. The number of nitrogens with zero attached hydrogens (tertiary/aromatic N) is 1. The summed E-state index contributed by atoms with van der Waals surface area (Å²) in [6.45, 7) is 12.9. The molecule has 4 aromatic rings. The number of hydrogen-bond donors (Lipinski definition) is 0. The highest BCUT2D eigenvalue weighted by Gasteiger charge is 2.29. The van der Waals surface area contributed by atoms with Crippen molar-refractivity contribution in [2.24, 2.45) is 0 Å². The smallest absolute Gasteiger partial charge is 0.166 e. The molecule has 1 heterocycles. The summed E-state index contributed by atoms with van der Waals surface area (Å²) in [6.07, 6.45) is 3.56. The first-order chi connectivity index (χ1) is 17.6. The van der Waals surface area contributed by atoms with E-state index in [9.17, 15) is 0 Å². The van der Waals surface area contributed by atoms with Crippen molar-refractivity contribution in [2.45, 2.75) is 74.0 Å². The molecular weight excluding hydrogens is 478 g/mol. The van der Waals surface area contributed by atoms with E-state index in [1.165, 1.54) is 14.7 Å². The average Bonchev–Trinajstić information content (AvgIpc) is 2.85. The van der Waals surface area contributed by atoms with Gasteiger partial charge in [0.15, 0.2) is 14.7 Å². The van der Waals surface area contributed by atoms with Crippen LogP contribution in [0, 0.1) is 0 Å². The first-order valence-electron chi connectivity index (χ1n) is 12.5. The van der Waals surface area contributed by atoms with Crippen LogP contribution >= 0.6 is 0 Å². The summed E-state index contributed by atoms with van der Waals surface area (Å²) in [4.78, 5) is 7.71. The third-order valence-electron chi connectivity index (χ3n) is 5.18. The molecule has 0 aliphatic heterocycles. The van der Waals surface area contributed by atoms with Gasteiger partial charge in [0.2, 0.25) is 0 Å². The zero-order chi connectivity index (χ0) is 26.5. The first kappa shape index (κ1) is 26.6. The maximum Gasteiger partial charge on any atom is 0.166 e. The maximum atomic E-state index is 6.06. The summed E-state index contributed by atoms with van der Waals surface area (Å²) in [7, 11) is -0.301. The molecule has 0 aliphatic rings. The van der Waals surface area contributed by atoms with Crippen molar-refractivity contribution >= 4 is 10.9 Å². The Morgan fingerprint density at radius 3 is 1.30 bits per heavy atom.